The van der Waals surface area contributed by atoms with Crippen LogP contribution in [0, 0.1) is 13.8 Å². The van der Waals surface area contributed by atoms with Gasteiger partial charge in [0.1, 0.15) is 11.6 Å². The summed E-state index contributed by atoms with van der Waals surface area (Å²) in [5, 5.41) is 3.99. The Morgan fingerprint density at radius 1 is 1.25 bits per heavy atom. The van der Waals surface area contributed by atoms with Crippen LogP contribution in [-0.4, -0.2) is 32.5 Å². The van der Waals surface area contributed by atoms with Gasteiger partial charge in [0.2, 0.25) is 5.91 Å². The molecule has 1 amide bonds. The fourth-order valence-corrected chi connectivity index (χ4v) is 4.02. The van der Waals surface area contributed by atoms with Gasteiger partial charge < -0.3 is 14.4 Å². The van der Waals surface area contributed by atoms with Crippen molar-refractivity contribution in [2.24, 2.45) is 0 Å². The Kier molecular flexibility index (Phi) is 5.28. The molecule has 1 N–H and O–H groups in total. The molecule has 146 valence electrons. The van der Waals surface area contributed by atoms with E-state index in [2.05, 4.69) is 27.3 Å². The molecule has 6 heteroatoms. The highest BCUT2D eigenvalue weighted by Gasteiger charge is 2.30. The zero-order valence-corrected chi connectivity index (χ0v) is 16.4. The van der Waals surface area contributed by atoms with Gasteiger partial charge in [0.05, 0.1) is 23.6 Å². The van der Waals surface area contributed by atoms with Gasteiger partial charge in [0.25, 0.3) is 0 Å². The first-order valence-corrected chi connectivity index (χ1v) is 9.95. The van der Waals surface area contributed by atoms with E-state index >= 15 is 0 Å². The molecule has 0 spiro atoms. The summed E-state index contributed by atoms with van der Waals surface area (Å²) in [6.45, 7) is 4.61. The third-order valence-corrected chi connectivity index (χ3v) is 5.59. The lowest BCUT2D eigenvalue weighted by molar-refractivity contribution is -0.135. The number of amides is 1. The Bertz CT molecular complexity index is 925. The number of piperidine rings is 1. The van der Waals surface area contributed by atoms with Crippen LogP contribution >= 0.6 is 0 Å². The van der Waals surface area contributed by atoms with E-state index in [0.29, 0.717) is 12.8 Å². The van der Waals surface area contributed by atoms with E-state index in [0.717, 1.165) is 59.9 Å². The number of nitrogens with zero attached hydrogens (tertiary/aromatic N) is 3. The number of aromatic nitrogens is 3. The molecule has 1 unspecified atom stereocenters. The van der Waals surface area contributed by atoms with Crippen molar-refractivity contribution in [2.45, 2.75) is 52.0 Å². The molecule has 0 bridgehead atoms. The van der Waals surface area contributed by atoms with Gasteiger partial charge in [0.15, 0.2) is 0 Å². The van der Waals surface area contributed by atoms with Crippen LogP contribution in [0.1, 0.15) is 54.6 Å². The largest absolute Gasteiger partial charge is 0.361 e. The summed E-state index contributed by atoms with van der Waals surface area (Å²) in [5.41, 5.74) is 4.02. The van der Waals surface area contributed by atoms with E-state index < -0.39 is 0 Å². The molecule has 3 aromatic rings. The number of aryl methyl sites for hydroxylation is 2. The molecule has 1 aliphatic rings. The number of rotatable bonds is 5. The molecule has 1 saturated heterocycles. The number of likely N-dealkylation sites (tertiary alicyclic amines) is 1. The van der Waals surface area contributed by atoms with Crippen molar-refractivity contribution >= 4 is 5.91 Å². The first kappa shape index (κ1) is 18.5. The van der Waals surface area contributed by atoms with Crippen molar-refractivity contribution in [2.75, 3.05) is 6.54 Å². The minimum atomic E-state index is 0.0170. The van der Waals surface area contributed by atoms with E-state index in [9.17, 15) is 4.79 Å². The van der Waals surface area contributed by atoms with Gasteiger partial charge in [-0.15, -0.1) is 0 Å². The number of hydrogen-bond donors (Lipinski definition) is 1. The average molecular weight is 378 g/mol. The summed E-state index contributed by atoms with van der Waals surface area (Å²) in [7, 11) is 0. The molecule has 4 rings (SSSR count). The van der Waals surface area contributed by atoms with E-state index in [4.69, 9.17) is 4.52 Å². The zero-order valence-electron chi connectivity index (χ0n) is 16.4. The highest BCUT2D eigenvalue weighted by Crippen LogP contribution is 2.31. The minimum absolute atomic E-state index is 0.0170. The predicted molar refractivity (Wildman–Crippen MR) is 107 cm³/mol. The topological polar surface area (TPSA) is 75.0 Å². The van der Waals surface area contributed by atoms with Crippen LogP contribution in [0.15, 0.2) is 41.1 Å². The molecule has 1 aromatic carbocycles. The van der Waals surface area contributed by atoms with Gasteiger partial charge in [-0.25, -0.2) is 4.98 Å². The summed E-state index contributed by atoms with van der Waals surface area (Å²) in [4.78, 5) is 23.1. The van der Waals surface area contributed by atoms with Crippen LogP contribution < -0.4 is 0 Å². The number of nitrogens with one attached hydrogen (secondary N) is 1. The molecule has 0 saturated carbocycles. The third-order valence-electron chi connectivity index (χ3n) is 5.59. The monoisotopic (exact) mass is 378 g/mol. The zero-order chi connectivity index (χ0) is 19.5. The molecule has 1 aliphatic heterocycles. The molecule has 0 aliphatic carbocycles. The second kappa shape index (κ2) is 8.00. The van der Waals surface area contributed by atoms with Crippen molar-refractivity contribution < 1.29 is 9.32 Å². The molecular weight excluding hydrogens is 352 g/mol. The SMILES string of the molecule is Cc1noc(C)c1CCC(=O)N1CCCCC1c1ncc(-c2ccccc2)[nH]1. The van der Waals surface area contributed by atoms with E-state index in [1.165, 1.54) is 0 Å². The van der Waals surface area contributed by atoms with Gasteiger partial charge in [-0.05, 0) is 45.1 Å². The highest BCUT2D eigenvalue weighted by atomic mass is 16.5. The van der Waals surface area contributed by atoms with Crippen molar-refractivity contribution in [3.63, 3.8) is 0 Å². The number of hydrogen-bond acceptors (Lipinski definition) is 4. The molecule has 1 fully saturated rings. The van der Waals surface area contributed by atoms with E-state index in [-0.39, 0.29) is 11.9 Å². The molecule has 0 radical (unpaired) electrons. The normalized spacial score (nSPS) is 17.1. The number of H-pyrrole nitrogens is 1. The van der Waals surface area contributed by atoms with Crippen LogP contribution in [0.25, 0.3) is 11.3 Å². The van der Waals surface area contributed by atoms with Crippen LogP contribution in [0.3, 0.4) is 0 Å². The highest BCUT2D eigenvalue weighted by molar-refractivity contribution is 5.77. The Hall–Kier alpha value is -2.89. The molecule has 6 nitrogen and oxygen atoms in total. The van der Waals surface area contributed by atoms with Gasteiger partial charge in [-0.2, -0.15) is 0 Å². The third kappa shape index (κ3) is 3.72. The number of carbonyl (C=O) groups excluding carboxylic acids is 1. The maximum atomic E-state index is 13.0. The lowest BCUT2D eigenvalue weighted by Gasteiger charge is -2.34. The van der Waals surface area contributed by atoms with Crippen molar-refractivity contribution in [3.05, 3.63) is 59.4 Å². The maximum absolute atomic E-state index is 13.0. The first-order chi connectivity index (χ1) is 13.6. The number of benzene rings is 1. The molecule has 28 heavy (non-hydrogen) atoms. The van der Waals surface area contributed by atoms with Crippen molar-refractivity contribution in [1.29, 1.82) is 0 Å². The van der Waals surface area contributed by atoms with Gasteiger partial charge in [0, 0.05) is 18.5 Å². The Labute approximate surface area is 165 Å². The summed E-state index contributed by atoms with van der Waals surface area (Å²) < 4.78 is 5.22. The lowest BCUT2D eigenvalue weighted by atomic mass is 10.00. The minimum Gasteiger partial charge on any atom is -0.361 e. The lowest BCUT2D eigenvalue weighted by Crippen LogP contribution is -2.39. The summed E-state index contributed by atoms with van der Waals surface area (Å²) in [6.07, 6.45) is 6.09. The Morgan fingerprint density at radius 2 is 2.07 bits per heavy atom. The van der Waals surface area contributed by atoms with Gasteiger partial charge in [-0.3, -0.25) is 4.79 Å². The fourth-order valence-electron chi connectivity index (χ4n) is 4.02. The fraction of sp³-hybridized carbons (Fsp3) is 0.409. The predicted octanol–water partition coefficient (Wildman–Crippen LogP) is 4.37. The number of imidazole rings is 1. The summed E-state index contributed by atoms with van der Waals surface area (Å²) >= 11 is 0. The smallest absolute Gasteiger partial charge is 0.223 e. The second-order valence-corrected chi connectivity index (χ2v) is 7.45. The Morgan fingerprint density at radius 3 is 2.82 bits per heavy atom. The second-order valence-electron chi connectivity index (χ2n) is 7.45. The van der Waals surface area contributed by atoms with Gasteiger partial charge >= 0.3 is 0 Å². The molecule has 1 atom stereocenters. The maximum Gasteiger partial charge on any atom is 0.223 e. The van der Waals surface area contributed by atoms with E-state index in [1.54, 1.807) is 0 Å². The van der Waals surface area contributed by atoms with Crippen LogP contribution in [0.5, 0.6) is 0 Å². The van der Waals surface area contributed by atoms with E-state index in [1.807, 2.05) is 43.1 Å². The average Bonchev–Trinajstić information content (AvgIpc) is 3.34. The van der Waals surface area contributed by atoms with Crippen molar-refractivity contribution in [1.82, 2.24) is 20.0 Å². The number of aromatic amines is 1. The summed E-state index contributed by atoms with van der Waals surface area (Å²) in [6, 6.07) is 10.2. The van der Waals surface area contributed by atoms with Crippen LogP contribution in [-0.2, 0) is 11.2 Å². The molecular formula is C22H26N4O2. The van der Waals surface area contributed by atoms with Crippen molar-refractivity contribution in [3.8, 4) is 11.3 Å². The van der Waals surface area contributed by atoms with Gasteiger partial charge in [-0.1, -0.05) is 35.5 Å². The number of carbonyl (C=O) groups is 1. The Balaban J connectivity index is 1.49. The standard InChI is InChI=1S/C22H26N4O2/c1-15-18(16(2)28-25-15)11-12-21(27)26-13-7-6-10-20(26)22-23-14-19(24-22)17-8-4-3-5-9-17/h3-5,8-9,14,20H,6-7,10-13H2,1-2H3,(H,23,24). The molecule has 2 aromatic heterocycles. The van der Waals surface area contributed by atoms with Crippen LogP contribution in [0.2, 0.25) is 0 Å². The quantitative estimate of drug-likeness (QED) is 0.715. The van der Waals surface area contributed by atoms with Crippen LogP contribution in [0.4, 0.5) is 0 Å². The molecule has 3 heterocycles. The summed E-state index contributed by atoms with van der Waals surface area (Å²) in [5.74, 6) is 1.85. The first-order valence-electron chi connectivity index (χ1n) is 9.95.